The second-order valence-corrected chi connectivity index (χ2v) is 5.89. The van der Waals surface area contributed by atoms with E-state index in [0.717, 1.165) is 0 Å². The minimum absolute atomic E-state index is 0.105. The van der Waals surface area contributed by atoms with Crippen molar-refractivity contribution in [2.24, 2.45) is 5.92 Å². The molecular formula is C11H16N4O4S. The minimum Gasteiger partial charge on any atom is -0.480 e. The van der Waals surface area contributed by atoms with E-state index >= 15 is 0 Å². The second kappa shape index (κ2) is 6.12. The van der Waals surface area contributed by atoms with Gasteiger partial charge in [-0.15, -0.1) is 11.8 Å². The number of hydrogen-bond donors (Lipinski definition) is 2. The fraction of sp³-hybridized carbons (Fsp3) is 0.636. The lowest BCUT2D eigenvalue weighted by atomic mass is 10.2. The van der Waals surface area contributed by atoms with Gasteiger partial charge in [0, 0.05) is 5.75 Å². The Bertz CT molecular complexity index is 479. The fourth-order valence-electron chi connectivity index (χ4n) is 2.00. The first-order valence-electron chi connectivity index (χ1n) is 6.16. The van der Waals surface area contributed by atoms with Gasteiger partial charge in [-0.2, -0.15) is 4.98 Å². The number of amides is 2. The Balaban J connectivity index is 2.04. The topological polar surface area (TPSA) is 109 Å². The lowest BCUT2D eigenvalue weighted by Crippen LogP contribution is -2.51. The van der Waals surface area contributed by atoms with Crippen LogP contribution in [0.3, 0.4) is 0 Å². The lowest BCUT2D eigenvalue weighted by Gasteiger charge is -2.29. The Morgan fingerprint density at radius 2 is 2.40 bits per heavy atom. The van der Waals surface area contributed by atoms with Gasteiger partial charge in [-0.25, -0.2) is 9.59 Å². The molecule has 1 saturated heterocycles. The summed E-state index contributed by atoms with van der Waals surface area (Å²) in [5, 5.41) is 15.3. The van der Waals surface area contributed by atoms with Crippen molar-refractivity contribution in [2.45, 2.75) is 31.8 Å². The molecule has 9 heteroatoms. The van der Waals surface area contributed by atoms with Crippen molar-refractivity contribution < 1.29 is 19.2 Å². The minimum atomic E-state index is -0.990. The van der Waals surface area contributed by atoms with Crippen LogP contribution in [0.5, 0.6) is 0 Å². The van der Waals surface area contributed by atoms with E-state index in [0.29, 0.717) is 11.6 Å². The van der Waals surface area contributed by atoms with Crippen LogP contribution in [0.15, 0.2) is 10.9 Å². The Morgan fingerprint density at radius 1 is 1.65 bits per heavy atom. The van der Waals surface area contributed by atoms with Crippen molar-refractivity contribution in [3.8, 4) is 0 Å². The first-order chi connectivity index (χ1) is 9.50. The number of carbonyl (C=O) groups is 2. The molecule has 1 aromatic heterocycles. The number of carboxylic acids is 1. The number of carboxylic acid groups (broad SMARTS) is 1. The highest BCUT2D eigenvalue weighted by atomic mass is 32.2. The van der Waals surface area contributed by atoms with Gasteiger partial charge in [0.2, 0.25) is 6.39 Å². The van der Waals surface area contributed by atoms with Crippen molar-refractivity contribution >= 4 is 23.8 Å². The predicted molar refractivity (Wildman–Crippen MR) is 70.9 cm³/mol. The van der Waals surface area contributed by atoms with Gasteiger partial charge in [-0.3, -0.25) is 4.90 Å². The summed E-state index contributed by atoms with van der Waals surface area (Å²) in [5.74, 6) is -0.0813. The molecule has 1 aromatic rings. The molecule has 0 aromatic carbocycles. The van der Waals surface area contributed by atoms with Crippen LogP contribution in [0, 0.1) is 5.92 Å². The van der Waals surface area contributed by atoms with Crippen molar-refractivity contribution in [2.75, 3.05) is 5.75 Å². The van der Waals surface area contributed by atoms with E-state index < -0.39 is 18.0 Å². The summed E-state index contributed by atoms with van der Waals surface area (Å²) in [7, 11) is 0. The zero-order valence-corrected chi connectivity index (χ0v) is 12.0. The third kappa shape index (κ3) is 3.03. The molecule has 0 spiro atoms. The Kier molecular flexibility index (Phi) is 4.48. The molecule has 2 N–H and O–H groups in total. The Hall–Kier alpha value is -1.77. The van der Waals surface area contributed by atoms with Crippen LogP contribution >= 0.6 is 11.8 Å². The molecule has 0 aliphatic carbocycles. The van der Waals surface area contributed by atoms with Crippen LogP contribution in [0.25, 0.3) is 0 Å². The van der Waals surface area contributed by atoms with Gasteiger partial charge in [-0.05, 0) is 5.92 Å². The van der Waals surface area contributed by atoms with E-state index in [1.807, 2.05) is 13.8 Å². The van der Waals surface area contributed by atoms with Crippen molar-refractivity contribution in [3.63, 3.8) is 0 Å². The van der Waals surface area contributed by atoms with E-state index in [-0.39, 0.29) is 17.8 Å². The first-order valence-corrected chi connectivity index (χ1v) is 7.21. The van der Waals surface area contributed by atoms with Crippen molar-refractivity contribution in [1.29, 1.82) is 0 Å². The number of rotatable bonds is 4. The summed E-state index contributed by atoms with van der Waals surface area (Å²) in [4.78, 5) is 28.6. The average molecular weight is 300 g/mol. The largest absolute Gasteiger partial charge is 0.480 e. The van der Waals surface area contributed by atoms with Crippen LogP contribution in [0.2, 0.25) is 0 Å². The number of urea groups is 1. The molecular weight excluding hydrogens is 284 g/mol. The van der Waals surface area contributed by atoms with Gasteiger partial charge in [0.1, 0.15) is 6.04 Å². The molecule has 0 saturated carbocycles. The maximum atomic E-state index is 12.2. The van der Waals surface area contributed by atoms with Gasteiger partial charge in [0.25, 0.3) is 0 Å². The van der Waals surface area contributed by atoms with Crippen LogP contribution in [-0.4, -0.2) is 49.3 Å². The lowest BCUT2D eigenvalue weighted by molar-refractivity contribution is -0.141. The van der Waals surface area contributed by atoms with E-state index in [1.54, 1.807) is 0 Å². The molecule has 2 atom stereocenters. The van der Waals surface area contributed by atoms with E-state index in [1.165, 1.54) is 23.1 Å². The third-order valence-electron chi connectivity index (χ3n) is 2.93. The zero-order valence-electron chi connectivity index (χ0n) is 11.1. The van der Waals surface area contributed by atoms with Crippen molar-refractivity contribution in [3.05, 3.63) is 12.2 Å². The van der Waals surface area contributed by atoms with Gasteiger partial charge in [0.15, 0.2) is 5.82 Å². The number of thioether (sulfide) groups is 1. The SMILES string of the molecule is CC(C)C1SCC(C(=O)O)N1C(=O)NCc1ncon1. The molecule has 0 radical (unpaired) electrons. The highest BCUT2D eigenvalue weighted by Gasteiger charge is 2.42. The number of aliphatic carboxylic acids is 1. The predicted octanol–water partition coefficient (Wildman–Crippen LogP) is 0.763. The average Bonchev–Trinajstić information content (AvgIpc) is 3.04. The summed E-state index contributed by atoms with van der Waals surface area (Å²) in [6, 6.07) is -1.23. The first kappa shape index (κ1) is 14.6. The molecule has 2 amide bonds. The second-order valence-electron chi connectivity index (χ2n) is 4.74. The molecule has 1 aliphatic heterocycles. The number of nitrogens with one attached hydrogen (secondary N) is 1. The highest BCUT2D eigenvalue weighted by Crippen LogP contribution is 2.34. The number of nitrogens with zero attached hydrogens (tertiary/aromatic N) is 3. The van der Waals surface area contributed by atoms with E-state index in [2.05, 4.69) is 20.0 Å². The molecule has 0 bridgehead atoms. The zero-order chi connectivity index (χ0) is 14.7. The molecule has 20 heavy (non-hydrogen) atoms. The number of aromatic nitrogens is 2. The van der Waals surface area contributed by atoms with Crippen LogP contribution < -0.4 is 5.32 Å². The monoisotopic (exact) mass is 300 g/mol. The van der Waals surface area contributed by atoms with Gasteiger partial charge >= 0.3 is 12.0 Å². The Labute approximate surface area is 119 Å². The maximum absolute atomic E-state index is 12.2. The summed E-state index contributed by atoms with van der Waals surface area (Å²) in [6.07, 6.45) is 1.17. The van der Waals surface area contributed by atoms with Gasteiger partial charge < -0.3 is 14.9 Å². The van der Waals surface area contributed by atoms with Crippen LogP contribution in [0.1, 0.15) is 19.7 Å². The highest BCUT2D eigenvalue weighted by molar-refractivity contribution is 8.00. The number of carbonyl (C=O) groups excluding carboxylic acids is 1. The summed E-state index contributed by atoms with van der Waals surface area (Å²) in [5.41, 5.74) is 0. The fourth-order valence-corrected chi connectivity index (χ4v) is 3.48. The quantitative estimate of drug-likeness (QED) is 0.845. The summed E-state index contributed by atoms with van der Waals surface area (Å²) in [6.45, 7) is 4.02. The summed E-state index contributed by atoms with van der Waals surface area (Å²) < 4.78 is 4.57. The standard InChI is InChI=1S/C11H16N4O4S/c1-6(2)9-15(7(4-20-9)10(16)17)11(18)12-3-8-13-5-19-14-8/h5-7,9H,3-4H2,1-2H3,(H,12,18)(H,16,17). The van der Waals surface area contributed by atoms with Gasteiger partial charge in [-0.1, -0.05) is 19.0 Å². The molecule has 1 aliphatic rings. The molecule has 110 valence electrons. The molecule has 8 nitrogen and oxygen atoms in total. The van der Waals surface area contributed by atoms with Crippen LogP contribution in [0.4, 0.5) is 4.79 Å². The third-order valence-corrected chi connectivity index (χ3v) is 4.55. The van der Waals surface area contributed by atoms with E-state index in [4.69, 9.17) is 0 Å². The maximum Gasteiger partial charge on any atom is 0.327 e. The van der Waals surface area contributed by atoms with Crippen LogP contribution in [-0.2, 0) is 11.3 Å². The molecule has 2 unspecified atom stereocenters. The summed E-state index contributed by atoms with van der Waals surface area (Å²) >= 11 is 1.48. The Morgan fingerprint density at radius 3 is 2.95 bits per heavy atom. The smallest absolute Gasteiger partial charge is 0.327 e. The van der Waals surface area contributed by atoms with E-state index in [9.17, 15) is 14.7 Å². The molecule has 1 fully saturated rings. The van der Waals surface area contributed by atoms with Gasteiger partial charge in [0.05, 0.1) is 11.9 Å². The molecule has 2 rings (SSSR count). The number of hydrogen-bond acceptors (Lipinski definition) is 6. The normalized spacial score (nSPS) is 22.2. The van der Waals surface area contributed by atoms with Crippen molar-refractivity contribution in [1.82, 2.24) is 20.4 Å². The molecule has 2 heterocycles.